The third kappa shape index (κ3) is 9.40. The van der Waals surface area contributed by atoms with Gasteiger partial charge in [-0.1, -0.05) is 52.0 Å². The lowest BCUT2D eigenvalue weighted by Gasteiger charge is -2.26. The Morgan fingerprint density at radius 2 is 1.17 bits per heavy atom. The maximum Gasteiger partial charge on any atom is 0.218 e. The monoisotopic (exact) mass is 566 g/mol. The molecule has 41 heavy (non-hydrogen) atoms. The Balaban J connectivity index is 2.17. The van der Waals surface area contributed by atoms with Gasteiger partial charge >= 0.3 is 0 Å². The number of ether oxygens (including phenoxy) is 2. The zero-order chi connectivity index (χ0) is 30.9. The first-order chi connectivity index (χ1) is 19.2. The lowest BCUT2D eigenvalue weighted by atomic mass is 9.90. The summed E-state index contributed by atoms with van der Waals surface area (Å²) < 4.78 is 10.7. The Bertz CT molecular complexity index is 1300. The third-order valence-corrected chi connectivity index (χ3v) is 6.31. The Morgan fingerprint density at radius 1 is 0.756 bits per heavy atom. The molecule has 0 aliphatic heterocycles. The number of methoxy groups -OCH3 is 1. The van der Waals surface area contributed by atoms with E-state index >= 15 is 0 Å². The minimum absolute atomic E-state index is 0.0361. The maximum absolute atomic E-state index is 13.0. The van der Waals surface area contributed by atoms with E-state index in [0.29, 0.717) is 11.1 Å². The summed E-state index contributed by atoms with van der Waals surface area (Å²) in [6, 6.07) is 6.71. The number of phenolic OH excluding ortho intramolecular Hbond substituents is 2. The summed E-state index contributed by atoms with van der Waals surface area (Å²) >= 11 is 0. The van der Waals surface area contributed by atoms with Crippen LogP contribution in [0, 0.1) is 11.8 Å². The maximum atomic E-state index is 13.0. The average molecular weight is 567 g/mol. The van der Waals surface area contributed by atoms with Crippen LogP contribution >= 0.6 is 0 Å². The van der Waals surface area contributed by atoms with E-state index in [4.69, 9.17) is 20.9 Å². The largest absolute Gasteiger partial charge is 0.504 e. The molecule has 2 atom stereocenters. The molecule has 0 bridgehead atoms. The number of hydrogen-bond donors (Lipinski definition) is 4. The summed E-state index contributed by atoms with van der Waals surface area (Å²) in [6.45, 7) is 6.93. The van der Waals surface area contributed by atoms with Crippen LogP contribution in [0.1, 0.15) is 45.2 Å². The average Bonchev–Trinajstić information content (AvgIpc) is 2.93. The highest BCUT2D eigenvalue weighted by Crippen LogP contribution is 2.30. The van der Waals surface area contributed by atoms with Crippen molar-refractivity contribution in [2.45, 2.75) is 52.3 Å². The van der Waals surface area contributed by atoms with Crippen molar-refractivity contribution in [3.05, 3.63) is 59.7 Å². The predicted molar refractivity (Wildman–Crippen MR) is 156 cm³/mol. The van der Waals surface area contributed by atoms with Gasteiger partial charge in [0.05, 0.1) is 25.6 Å². The number of nitrogens with two attached hydrogens (primary N) is 2. The quantitative estimate of drug-likeness (QED) is 0.185. The molecule has 2 aromatic carbocycles. The first kappa shape index (κ1) is 32.9. The molecule has 0 amide bonds. The summed E-state index contributed by atoms with van der Waals surface area (Å²) in [5.74, 6) is -3.06. The molecule has 0 fully saturated rings. The normalized spacial score (nSPS) is 13.2. The molecule has 2 rings (SSSR count). The number of Topliss-reactive ketones (excluding diaryl/α,β-unsaturated/α-hetero) is 2. The molecule has 2 aromatic rings. The van der Waals surface area contributed by atoms with Gasteiger partial charge < -0.3 is 31.2 Å². The molecule has 0 aliphatic carbocycles. The van der Waals surface area contributed by atoms with Crippen LogP contribution in [0.3, 0.4) is 0 Å². The fourth-order valence-corrected chi connectivity index (χ4v) is 3.58. The van der Waals surface area contributed by atoms with Crippen molar-refractivity contribution < 1.29 is 38.9 Å². The predicted octanol–water partition coefficient (Wildman–Crippen LogP) is 3.21. The first-order valence-electron chi connectivity index (χ1n) is 13.1. The van der Waals surface area contributed by atoms with Crippen LogP contribution in [0.4, 0.5) is 0 Å². The van der Waals surface area contributed by atoms with Crippen molar-refractivity contribution in [3.63, 3.8) is 0 Å². The number of phenols is 2. The van der Waals surface area contributed by atoms with E-state index in [1.54, 1.807) is 39.8 Å². The lowest BCUT2D eigenvalue weighted by molar-refractivity contribution is -0.139. The number of carbonyl (C=O) groups excluding carboxylic acids is 4. The van der Waals surface area contributed by atoms with Crippen molar-refractivity contribution >= 4 is 35.3 Å². The van der Waals surface area contributed by atoms with Gasteiger partial charge in [0.2, 0.25) is 6.10 Å². The van der Waals surface area contributed by atoms with Gasteiger partial charge in [0.1, 0.15) is 0 Å². The highest BCUT2D eigenvalue weighted by Gasteiger charge is 2.37. The zero-order valence-corrected chi connectivity index (χ0v) is 23.9. The van der Waals surface area contributed by atoms with Crippen molar-refractivity contribution in [1.82, 2.24) is 0 Å². The second kappa shape index (κ2) is 14.9. The molecule has 0 radical (unpaired) electrons. The van der Waals surface area contributed by atoms with Crippen molar-refractivity contribution in [2.24, 2.45) is 23.3 Å². The molecular formula is C31H38N2O8. The van der Waals surface area contributed by atoms with Crippen molar-refractivity contribution in [2.75, 3.05) is 7.11 Å². The third-order valence-electron chi connectivity index (χ3n) is 6.31. The van der Waals surface area contributed by atoms with E-state index in [0.717, 1.165) is 0 Å². The molecule has 220 valence electrons. The van der Waals surface area contributed by atoms with Crippen molar-refractivity contribution in [1.29, 1.82) is 0 Å². The fourth-order valence-electron chi connectivity index (χ4n) is 3.58. The van der Waals surface area contributed by atoms with Gasteiger partial charge in [0.25, 0.3) is 0 Å². The topological polar surface area (TPSA) is 179 Å². The van der Waals surface area contributed by atoms with E-state index in [1.807, 2.05) is 0 Å². The van der Waals surface area contributed by atoms with Crippen LogP contribution in [-0.2, 0) is 19.2 Å². The molecule has 6 N–H and O–H groups in total. The SMILES string of the molecule is COc1cc(/C=C/C(=O)CC(=O)/C=C/c2ccc(O)c(OC(C(=O)[C@@H](N)C(C)C)C(=O)[C@@H](N)C(C)C)c2)ccc1O. The summed E-state index contributed by atoms with van der Waals surface area (Å²) in [6.07, 6.45) is 3.34. The Hall–Kier alpha value is -4.28. The second-order valence-corrected chi connectivity index (χ2v) is 10.3. The molecule has 10 nitrogen and oxygen atoms in total. The molecule has 0 aromatic heterocycles. The number of aromatic hydroxyl groups is 2. The van der Waals surface area contributed by atoms with Crippen LogP contribution in [0.5, 0.6) is 23.0 Å². The molecule has 0 saturated heterocycles. The van der Waals surface area contributed by atoms with Crippen LogP contribution < -0.4 is 20.9 Å². The van der Waals surface area contributed by atoms with E-state index in [2.05, 4.69) is 0 Å². The number of ketones is 4. The second-order valence-electron chi connectivity index (χ2n) is 10.3. The Labute approximate surface area is 239 Å². The number of allylic oxidation sites excluding steroid dienone is 2. The molecule has 10 heteroatoms. The zero-order valence-electron chi connectivity index (χ0n) is 23.9. The van der Waals surface area contributed by atoms with Gasteiger partial charge in [-0.2, -0.15) is 0 Å². The summed E-state index contributed by atoms with van der Waals surface area (Å²) in [5, 5.41) is 20.0. The number of rotatable bonds is 15. The number of hydrogen-bond acceptors (Lipinski definition) is 10. The van der Waals surface area contributed by atoms with Crippen molar-refractivity contribution in [3.8, 4) is 23.0 Å². The van der Waals surface area contributed by atoms with Crippen LogP contribution in [0.25, 0.3) is 12.2 Å². The van der Waals surface area contributed by atoms with Crippen LogP contribution in [0.2, 0.25) is 0 Å². The smallest absolute Gasteiger partial charge is 0.218 e. The van der Waals surface area contributed by atoms with Gasteiger partial charge in [0, 0.05) is 0 Å². The van der Waals surface area contributed by atoms with Gasteiger partial charge in [-0.25, -0.2) is 0 Å². The molecule has 0 spiro atoms. The Kier molecular flexibility index (Phi) is 12.0. The minimum Gasteiger partial charge on any atom is -0.504 e. The highest BCUT2D eigenvalue weighted by atomic mass is 16.5. The van der Waals surface area contributed by atoms with Crippen LogP contribution in [-0.4, -0.2) is 58.6 Å². The highest BCUT2D eigenvalue weighted by molar-refractivity contribution is 6.11. The Morgan fingerprint density at radius 3 is 1.59 bits per heavy atom. The summed E-state index contributed by atoms with van der Waals surface area (Å²) in [7, 11) is 1.41. The lowest BCUT2D eigenvalue weighted by Crippen LogP contribution is -2.53. The summed E-state index contributed by atoms with van der Waals surface area (Å²) in [5.41, 5.74) is 13.0. The number of benzene rings is 2. The van der Waals surface area contributed by atoms with E-state index in [-0.39, 0.29) is 34.8 Å². The van der Waals surface area contributed by atoms with Gasteiger partial charge in [0.15, 0.2) is 46.1 Å². The fraction of sp³-hybridized carbons (Fsp3) is 0.355. The first-order valence-corrected chi connectivity index (χ1v) is 13.1. The minimum atomic E-state index is -1.63. The number of carbonyl (C=O) groups is 4. The van der Waals surface area contributed by atoms with Gasteiger partial charge in [-0.15, -0.1) is 0 Å². The molecular weight excluding hydrogens is 528 g/mol. The molecule has 0 aliphatic rings. The van der Waals surface area contributed by atoms with Gasteiger partial charge in [-0.05, 0) is 59.4 Å². The van der Waals surface area contributed by atoms with Gasteiger partial charge in [-0.3, -0.25) is 19.2 Å². The van der Waals surface area contributed by atoms with Crippen LogP contribution in [0.15, 0.2) is 48.6 Å². The summed E-state index contributed by atoms with van der Waals surface area (Å²) in [4.78, 5) is 50.7. The molecule has 0 unspecified atom stereocenters. The standard InChI is InChI=1S/C31H38N2O8/c1-17(2)27(32)29(38)31(30(39)28(33)18(3)4)41-26-15-20(9-13-24(26)37)7-11-22(35)16-21(34)10-6-19-8-12-23(36)25(14-19)40-5/h6-15,17-18,27-28,31,36-37H,16,32-33H2,1-5H3/b10-6+,11-7+/t27-,28-/m0/s1. The molecule has 0 saturated carbocycles. The van der Waals surface area contributed by atoms with E-state index in [9.17, 15) is 29.4 Å². The van der Waals surface area contributed by atoms with E-state index in [1.165, 1.54) is 55.7 Å². The van der Waals surface area contributed by atoms with E-state index < -0.39 is 47.7 Å². The molecule has 0 heterocycles.